The molecule has 1 N–H and O–H groups in total. The molecule has 0 unspecified atom stereocenters. The Morgan fingerprint density at radius 2 is 2.50 bits per heavy atom. The van der Waals surface area contributed by atoms with Crippen molar-refractivity contribution in [1.29, 1.82) is 0 Å². The van der Waals surface area contributed by atoms with Gasteiger partial charge in [-0.25, -0.2) is 0 Å². The molecule has 0 saturated heterocycles. The molecule has 3 nitrogen and oxygen atoms in total. The zero-order valence-corrected chi connectivity index (χ0v) is 8.93. The topological polar surface area (TPSA) is 40.5 Å². The Balaban J connectivity index is 2.19. The SMILES string of the molecule is CN1CCc2sc(CC(=O)O)cc2C1. The van der Waals surface area contributed by atoms with Gasteiger partial charge >= 0.3 is 5.97 Å². The van der Waals surface area contributed by atoms with Crippen molar-refractivity contribution in [3.05, 3.63) is 21.4 Å². The van der Waals surface area contributed by atoms with Gasteiger partial charge in [0.2, 0.25) is 0 Å². The Hall–Kier alpha value is -0.870. The summed E-state index contributed by atoms with van der Waals surface area (Å²) in [6, 6.07) is 2.05. The molecular weight excluding hydrogens is 198 g/mol. The number of hydrogen-bond acceptors (Lipinski definition) is 3. The third kappa shape index (κ3) is 1.96. The number of carbonyl (C=O) groups is 1. The third-order valence-corrected chi connectivity index (χ3v) is 3.67. The molecule has 1 aromatic rings. The van der Waals surface area contributed by atoms with Gasteiger partial charge in [0.25, 0.3) is 0 Å². The van der Waals surface area contributed by atoms with E-state index in [-0.39, 0.29) is 6.42 Å². The van der Waals surface area contributed by atoms with Crippen LogP contribution in [0.1, 0.15) is 15.3 Å². The van der Waals surface area contributed by atoms with Gasteiger partial charge in [0.15, 0.2) is 0 Å². The molecule has 76 valence electrons. The maximum atomic E-state index is 10.5. The smallest absolute Gasteiger partial charge is 0.308 e. The van der Waals surface area contributed by atoms with Crippen LogP contribution in [0.4, 0.5) is 0 Å². The molecule has 0 atom stereocenters. The number of carboxylic acid groups (broad SMARTS) is 1. The highest BCUT2D eigenvalue weighted by molar-refractivity contribution is 7.12. The van der Waals surface area contributed by atoms with Crippen molar-refractivity contribution >= 4 is 17.3 Å². The lowest BCUT2D eigenvalue weighted by Crippen LogP contribution is -2.25. The Bertz CT molecular complexity index is 359. The number of hydrogen-bond donors (Lipinski definition) is 1. The van der Waals surface area contributed by atoms with Crippen molar-refractivity contribution in [2.75, 3.05) is 13.6 Å². The first-order valence-electron chi connectivity index (χ1n) is 4.66. The van der Waals surface area contributed by atoms with E-state index in [1.54, 1.807) is 11.3 Å². The summed E-state index contributed by atoms with van der Waals surface area (Å²) in [5.41, 5.74) is 1.32. The molecule has 0 aromatic carbocycles. The second kappa shape index (κ2) is 3.71. The minimum Gasteiger partial charge on any atom is -0.481 e. The van der Waals surface area contributed by atoms with Gasteiger partial charge < -0.3 is 10.0 Å². The first kappa shape index (κ1) is 9.68. The molecule has 0 radical (unpaired) electrons. The van der Waals surface area contributed by atoms with Crippen molar-refractivity contribution in [2.45, 2.75) is 19.4 Å². The molecule has 1 aromatic heterocycles. The van der Waals surface area contributed by atoms with Crippen LogP contribution in [0.2, 0.25) is 0 Å². The van der Waals surface area contributed by atoms with Gasteiger partial charge in [-0.3, -0.25) is 4.79 Å². The summed E-state index contributed by atoms with van der Waals surface area (Å²) in [5, 5.41) is 8.68. The summed E-state index contributed by atoms with van der Waals surface area (Å²) in [5.74, 6) is -0.739. The van der Waals surface area contributed by atoms with Crippen LogP contribution in [0.3, 0.4) is 0 Å². The number of fused-ring (bicyclic) bond motifs is 1. The minimum atomic E-state index is -0.739. The Morgan fingerprint density at radius 1 is 1.71 bits per heavy atom. The van der Waals surface area contributed by atoms with Gasteiger partial charge in [-0.2, -0.15) is 0 Å². The van der Waals surface area contributed by atoms with Crippen LogP contribution in [0, 0.1) is 0 Å². The maximum Gasteiger partial charge on any atom is 0.308 e. The largest absolute Gasteiger partial charge is 0.481 e. The highest BCUT2D eigenvalue weighted by atomic mass is 32.1. The predicted octanol–water partition coefficient (Wildman–Crippen LogP) is 1.36. The lowest BCUT2D eigenvalue weighted by Gasteiger charge is -2.21. The maximum absolute atomic E-state index is 10.5. The van der Waals surface area contributed by atoms with E-state index >= 15 is 0 Å². The van der Waals surface area contributed by atoms with Gasteiger partial charge in [-0.1, -0.05) is 0 Å². The summed E-state index contributed by atoms with van der Waals surface area (Å²) in [4.78, 5) is 15.2. The highest BCUT2D eigenvalue weighted by Crippen LogP contribution is 2.27. The zero-order valence-electron chi connectivity index (χ0n) is 8.12. The van der Waals surface area contributed by atoms with Crippen LogP contribution >= 0.6 is 11.3 Å². The lowest BCUT2D eigenvalue weighted by molar-refractivity contribution is -0.136. The van der Waals surface area contributed by atoms with E-state index in [9.17, 15) is 4.79 Å². The normalized spacial score (nSPS) is 16.6. The van der Waals surface area contributed by atoms with E-state index in [0.717, 1.165) is 24.4 Å². The van der Waals surface area contributed by atoms with Gasteiger partial charge in [0.1, 0.15) is 0 Å². The molecule has 0 amide bonds. The molecule has 1 aliphatic heterocycles. The minimum absolute atomic E-state index is 0.168. The van der Waals surface area contributed by atoms with Crippen molar-refractivity contribution < 1.29 is 9.90 Å². The summed E-state index contributed by atoms with van der Waals surface area (Å²) >= 11 is 1.66. The molecule has 2 rings (SSSR count). The van der Waals surface area contributed by atoms with E-state index < -0.39 is 5.97 Å². The Labute approximate surface area is 87.0 Å². The van der Waals surface area contributed by atoms with E-state index in [2.05, 4.69) is 11.9 Å². The number of rotatable bonds is 2. The highest BCUT2D eigenvalue weighted by Gasteiger charge is 2.17. The van der Waals surface area contributed by atoms with E-state index in [1.807, 2.05) is 6.07 Å². The summed E-state index contributed by atoms with van der Waals surface area (Å²) in [7, 11) is 2.09. The zero-order chi connectivity index (χ0) is 10.1. The van der Waals surface area contributed by atoms with Crippen LogP contribution in [0.25, 0.3) is 0 Å². The third-order valence-electron chi connectivity index (χ3n) is 2.43. The molecule has 0 bridgehead atoms. The summed E-state index contributed by atoms with van der Waals surface area (Å²) < 4.78 is 0. The number of nitrogens with zero attached hydrogens (tertiary/aromatic N) is 1. The molecule has 4 heteroatoms. The standard InChI is InChI=1S/C10H13NO2S/c1-11-3-2-9-7(6-11)4-8(14-9)5-10(12)13/h4H,2-3,5-6H2,1H3,(H,12,13). The molecule has 14 heavy (non-hydrogen) atoms. The van der Waals surface area contributed by atoms with Crippen LogP contribution in [-0.4, -0.2) is 29.6 Å². The first-order valence-corrected chi connectivity index (χ1v) is 5.47. The second-order valence-electron chi connectivity index (χ2n) is 3.72. The molecule has 0 fully saturated rings. The van der Waals surface area contributed by atoms with Crippen LogP contribution < -0.4 is 0 Å². The Kier molecular flexibility index (Phi) is 2.56. The lowest BCUT2D eigenvalue weighted by atomic mass is 10.1. The Morgan fingerprint density at radius 3 is 3.21 bits per heavy atom. The van der Waals surface area contributed by atoms with E-state index in [4.69, 9.17) is 5.11 Å². The fourth-order valence-corrected chi connectivity index (χ4v) is 2.93. The van der Waals surface area contributed by atoms with Gasteiger partial charge in [-0.15, -0.1) is 11.3 Å². The van der Waals surface area contributed by atoms with E-state index in [1.165, 1.54) is 10.4 Å². The predicted molar refractivity (Wildman–Crippen MR) is 55.7 cm³/mol. The molecule has 1 aliphatic rings. The number of aliphatic carboxylic acids is 1. The summed E-state index contributed by atoms with van der Waals surface area (Å²) in [6.45, 7) is 2.05. The van der Waals surface area contributed by atoms with Gasteiger partial charge in [0.05, 0.1) is 6.42 Å². The first-order chi connectivity index (χ1) is 6.65. The average Bonchev–Trinajstić information content (AvgIpc) is 2.44. The molecular formula is C10H13NO2S. The fourth-order valence-electron chi connectivity index (χ4n) is 1.77. The number of thiophene rings is 1. The average molecular weight is 211 g/mol. The monoisotopic (exact) mass is 211 g/mol. The van der Waals surface area contributed by atoms with Crippen LogP contribution in [0.5, 0.6) is 0 Å². The van der Waals surface area contributed by atoms with Crippen molar-refractivity contribution in [1.82, 2.24) is 4.90 Å². The second-order valence-corrected chi connectivity index (χ2v) is 4.94. The van der Waals surface area contributed by atoms with Crippen molar-refractivity contribution in [2.24, 2.45) is 0 Å². The van der Waals surface area contributed by atoms with Crippen molar-refractivity contribution in [3.63, 3.8) is 0 Å². The summed E-state index contributed by atoms with van der Waals surface area (Å²) in [6.07, 6.45) is 1.23. The number of likely N-dealkylation sites (N-methyl/N-ethyl adjacent to an activating group) is 1. The van der Waals surface area contributed by atoms with E-state index in [0.29, 0.717) is 0 Å². The van der Waals surface area contributed by atoms with Crippen LogP contribution in [-0.2, 0) is 24.2 Å². The van der Waals surface area contributed by atoms with Crippen molar-refractivity contribution in [3.8, 4) is 0 Å². The van der Waals surface area contributed by atoms with Gasteiger partial charge in [-0.05, 0) is 25.1 Å². The van der Waals surface area contributed by atoms with Crippen LogP contribution in [0.15, 0.2) is 6.07 Å². The fraction of sp³-hybridized carbons (Fsp3) is 0.500. The molecule has 2 heterocycles. The number of carboxylic acids is 1. The quantitative estimate of drug-likeness (QED) is 0.803. The molecule has 0 aliphatic carbocycles. The molecule has 0 spiro atoms. The van der Waals surface area contributed by atoms with Gasteiger partial charge in [0, 0.05) is 22.8 Å². The molecule has 0 saturated carbocycles.